The van der Waals surface area contributed by atoms with Crippen molar-refractivity contribution in [2.24, 2.45) is 0 Å². The van der Waals surface area contributed by atoms with Gasteiger partial charge in [-0.05, 0) is 49.2 Å². The number of ether oxygens (including phenoxy) is 1. The molecule has 2 N–H and O–H groups in total. The lowest BCUT2D eigenvalue weighted by Crippen LogP contribution is -2.25. The largest absolute Gasteiger partial charge is 0.441 e. The molecule has 0 atom stereocenters. The van der Waals surface area contributed by atoms with Crippen molar-refractivity contribution < 1.29 is 13.9 Å². The van der Waals surface area contributed by atoms with Crippen molar-refractivity contribution in [2.45, 2.75) is 18.4 Å². The standard InChI is InChI=1S/C24H20FN5O3/c25-18-14-17(29-15-24(10-11-24)33-23(29)32)6-7-20(18)30-13-9-21(31)22(28-30)19(8-12-26)27-16-4-2-1-3-5-16/h1-9,12-14,26-27H,10-11,15H2/b19-8-,26-12?. The number of para-hydroxylation sites is 1. The van der Waals surface area contributed by atoms with Crippen molar-refractivity contribution in [1.29, 1.82) is 5.41 Å². The third-order valence-electron chi connectivity index (χ3n) is 5.63. The highest BCUT2D eigenvalue weighted by atomic mass is 19.1. The van der Waals surface area contributed by atoms with Crippen LogP contribution in [0.5, 0.6) is 0 Å². The number of amides is 1. The average Bonchev–Trinajstić information content (AvgIpc) is 3.48. The van der Waals surface area contributed by atoms with Gasteiger partial charge in [-0.15, -0.1) is 0 Å². The maximum Gasteiger partial charge on any atom is 0.415 e. The van der Waals surface area contributed by atoms with Gasteiger partial charge in [0.1, 0.15) is 11.3 Å². The molecular formula is C24H20FN5O3. The molecule has 1 saturated carbocycles. The maximum atomic E-state index is 15.1. The van der Waals surface area contributed by atoms with Crippen LogP contribution in [-0.4, -0.2) is 34.2 Å². The number of aromatic nitrogens is 2. The van der Waals surface area contributed by atoms with Crippen molar-refractivity contribution in [3.05, 3.63) is 88.6 Å². The summed E-state index contributed by atoms with van der Waals surface area (Å²) in [5.74, 6) is -0.604. The number of benzene rings is 2. The van der Waals surface area contributed by atoms with Crippen LogP contribution in [0.25, 0.3) is 11.4 Å². The molecule has 1 amide bonds. The monoisotopic (exact) mass is 445 g/mol. The Hall–Kier alpha value is -4.27. The third-order valence-corrected chi connectivity index (χ3v) is 5.63. The second-order valence-electron chi connectivity index (χ2n) is 7.98. The highest BCUT2D eigenvalue weighted by molar-refractivity contribution is 5.91. The first-order valence-electron chi connectivity index (χ1n) is 10.4. The van der Waals surface area contributed by atoms with Crippen LogP contribution in [0, 0.1) is 11.2 Å². The average molecular weight is 445 g/mol. The Labute approximate surface area is 188 Å². The van der Waals surface area contributed by atoms with Gasteiger partial charge in [0.15, 0.2) is 11.5 Å². The summed E-state index contributed by atoms with van der Waals surface area (Å²) in [5.41, 5.74) is 0.779. The summed E-state index contributed by atoms with van der Waals surface area (Å²) in [7, 11) is 0. The highest BCUT2D eigenvalue weighted by Crippen LogP contribution is 2.45. The number of halogens is 1. The van der Waals surface area contributed by atoms with Gasteiger partial charge in [0.25, 0.3) is 0 Å². The van der Waals surface area contributed by atoms with Gasteiger partial charge in [-0.2, -0.15) is 5.10 Å². The number of allylic oxidation sites excluding steroid dienone is 1. The molecule has 166 valence electrons. The van der Waals surface area contributed by atoms with E-state index in [1.165, 1.54) is 40.1 Å². The summed E-state index contributed by atoms with van der Waals surface area (Å²) in [5, 5.41) is 14.8. The summed E-state index contributed by atoms with van der Waals surface area (Å²) in [6, 6.07) is 14.8. The summed E-state index contributed by atoms with van der Waals surface area (Å²) in [6.45, 7) is 0.411. The van der Waals surface area contributed by atoms with Crippen LogP contribution in [0.1, 0.15) is 18.5 Å². The van der Waals surface area contributed by atoms with Crippen LogP contribution in [0.3, 0.4) is 0 Å². The van der Waals surface area contributed by atoms with Crippen molar-refractivity contribution in [2.75, 3.05) is 16.8 Å². The molecule has 0 bridgehead atoms. The molecule has 9 heteroatoms. The zero-order valence-corrected chi connectivity index (χ0v) is 17.5. The molecule has 1 aromatic heterocycles. The van der Waals surface area contributed by atoms with E-state index in [-0.39, 0.29) is 16.8 Å². The summed E-state index contributed by atoms with van der Waals surface area (Å²) in [6.07, 6.45) is 4.99. The van der Waals surface area contributed by atoms with Gasteiger partial charge in [0.05, 0.1) is 17.9 Å². The van der Waals surface area contributed by atoms with E-state index >= 15 is 4.39 Å². The number of carbonyl (C=O) groups excluding carboxylic acids is 1. The number of nitrogens with zero attached hydrogens (tertiary/aromatic N) is 3. The Morgan fingerprint density at radius 3 is 2.61 bits per heavy atom. The van der Waals surface area contributed by atoms with Crippen molar-refractivity contribution in [3.63, 3.8) is 0 Å². The minimum atomic E-state index is -0.604. The molecule has 33 heavy (non-hydrogen) atoms. The van der Waals surface area contributed by atoms with Crippen molar-refractivity contribution in [1.82, 2.24) is 9.78 Å². The Bertz CT molecular complexity index is 1330. The zero-order chi connectivity index (χ0) is 23.0. The molecule has 3 aromatic rings. The molecule has 5 rings (SSSR count). The predicted octanol–water partition coefficient (Wildman–Crippen LogP) is 3.96. The van der Waals surface area contributed by atoms with Crippen molar-refractivity contribution >= 4 is 29.4 Å². The minimum absolute atomic E-state index is 0.0344. The smallest absolute Gasteiger partial charge is 0.415 e. The van der Waals surface area contributed by atoms with Gasteiger partial charge in [0.2, 0.25) is 5.43 Å². The molecule has 2 heterocycles. The first-order valence-corrected chi connectivity index (χ1v) is 10.4. The van der Waals surface area contributed by atoms with E-state index in [4.69, 9.17) is 10.1 Å². The van der Waals surface area contributed by atoms with Gasteiger partial charge in [-0.25, -0.2) is 13.9 Å². The number of hydrogen-bond donors (Lipinski definition) is 2. The molecular weight excluding hydrogens is 425 g/mol. The molecule has 2 aliphatic rings. The summed E-state index contributed by atoms with van der Waals surface area (Å²) < 4.78 is 21.7. The Morgan fingerprint density at radius 2 is 1.94 bits per heavy atom. The van der Waals surface area contributed by atoms with Crippen LogP contribution >= 0.6 is 0 Å². The minimum Gasteiger partial charge on any atom is -0.441 e. The lowest BCUT2D eigenvalue weighted by Gasteiger charge is -2.15. The molecule has 1 aliphatic heterocycles. The molecule has 2 fully saturated rings. The fourth-order valence-electron chi connectivity index (χ4n) is 3.74. The zero-order valence-electron chi connectivity index (χ0n) is 17.5. The van der Waals surface area contributed by atoms with E-state index < -0.39 is 17.5 Å². The van der Waals surface area contributed by atoms with Gasteiger partial charge in [0, 0.05) is 24.2 Å². The summed E-state index contributed by atoms with van der Waals surface area (Å²) in [4.78, 5) is 26.1. The number of rotatable bonds is 6. The van der Waals surface area contributed by atoms with Crippen molar-refractivity contribution in [3.8, 4) is 5.69 Å². The van der Waals surface area contributed by atoms with Gasteiger partial charge >= 0.3 is 6.09 Å². The lowest BCUT2D eigenvalue weighted by atomic mass is 10.2. The first kappa shape index (κ1) is 20.6. The quantitative estimate of drug-likeness (QED) is 0.560. The van der Waals surface area contributed by atoms with Gasteiger partial charge < -0.3 is 15.5 Å². The third kappa shape index (κ3) is 4.00. The molecule has 8 nitrogen and oxygen atoms in total. The molecule has 2 aromatic carbocycles. The Balaban J connectivity index is 1.47. The first-order chi connectivity index (χ1) is 16.0. The van der Waals surface area contributed by atoms with Crippen LogP contribution in [-0.2, 0) is 4.74 Å². The topological polar surface area (TPSA) is 100 Å². The Kier molecular flexibility index (Phi) is 5.01. The fraction of sp³-hybridized carbons (Fsp3) is 0.167. The molecule has 1 spiro atoms. The van der Waals surface area contributed by atoms with Crippen LogP contribution < -0.4 is 15.6 Å². The fourth-order valence-corrected chi connectivity index (χ4v) is 3.74. The second-order valence-corrected chi connectivity index (χ2v) is 7.98. The number of carbonyl (C=O) groups is 1. The summed E-state index contributed by atoms with van der Waals surface area (Å²) >= 11 is 0. The van der Waals surface area contributed by atoms with E-state index in [9.17, 15) is 9.59 Å². The van der Waals surface area contributed by atoms with Crippen LogP contribution in [0.2, 0.25) is 0 Å². The van der Waals surface area contributed by atoms with E-state index in [0.717, 1.165) is 19.1 Å². The number of anilines is 2. The molecule has 0 unspecified atom stereocenters. The van der Waals surface area contributed by atoms with E-state index in [2.05, 4.69) is 10.4 Å². The molecule has 1 saturated heterocycles. The SMILES string of the molecule is N=C/C=C(\Nc1ccccc1)c1nn(-c2ccc(N3CC4(CC4)OC3=O)cc2F)ccc1=O. The normalized spacial score (nSPS) is 16.6. The molecule has 0 radical (unpaired) electrons. The van der Waals surface area contributed by atoms with E-state index in [1.807, 2.05) is 30.3 Å². The maximum absolute atomic E-state index is 15.1. The number of nitrogens with one attached hydrogen (secondary N) is 2. The molecule has 1 aliphatic carbocycles. The lowest BCUT2D eigenvalue weighted by molar-refractivity contribution is 0.129. The van der Waals surface area contributed by atoms with Crippen LogP contribution in [0.4, 0.5) is 20.6 Å². The highest BCUT2D eigenvalue weighted by Gasteiger charge is 2.54. The van der Waals surface area contributed by atoms with E-state index in [0.29, 0.717) is 23.6 Å². The van der Waals surface area contributed by atoms with E-state index in [1.54, 1.807) is 6.07 Å². The number of hydrogen-bond acceptors (Lipinski definition) is 6. The van der Waals surface area contributed by atoms with Gasteiger partial charge in [-0.1, -0.05) is 18.2 Å². The Morgan fingerprint density at radius 1 is 1.15 bits per heavy atom. The van der Waals surface area contributed by atoms with Gasteiger partial charge in [-0.3, -0.25) is 9.69 Å². The van der Waals surface area contributed by atoms with Crippen LogP contribution in [0.15, 0.2) is 71.7 Å². The second kappa shape index (κ2) is 8.01. The predicted molar refractivity (Wildman–Crippen MR) is 122 cm³/mol.